The summed E-state index contributed by atoms with van der Waals surface area (Å²) in [4.78, 5) is 17.1. The van der Waals surface area contributed by atoms with Gasteiger partial charge in [-0.2, -0.15) is 0 Å². The molecular formula is C17H8N2Na4O15S4. The number of nitro benzene ring substituents is 1. The Bertz CT molecular complexity index is 2000. The first kappa shape index (κ1) is 44.6. The second-order valence-electron chi connectivity index (χ2n) is 7.17. The number of nitrogens with zero attached hydrogens (tertiary/aromatic N) is 1. The Morgan fingerprint density at radius 2 is 1.17 bits per heavy atom. The Kier molecular flexibility index (Phi) is 16.8. The standard InChI is InChI=1S/C17H12N2O15S4.4Na/c20-17(11-2-1-3-13(19(21)22)16(11)38(32,33)34)18-12-6-9(35(23,24)25)4-8-5-10(36(26,27)28)7-14(15(8)12)37(29,30)31;;;;/h1-7H,(H,18,20)(H,23,24,25)(H,26,27,28)(H,29,30,31)(H,32,33,34);;;;/q;4*+1/p-4. The molecule has 0 aliphatic rings. The van der Waals surface area contributed by atoms with Crippen molar-refractivity contribution in [1.29, 1.82) is 0 Å². The van der Waals surface area contributed by atoms with E-state index in [2.05, 4.69) is 0 Å². The third kappa shape index (κ3) is 10.2. The Morgan fingerprint density at radius 1 is 0.690 bits per heavy atom. The molecule has 1 N–H and O–H groups in total. The molecule has 17 nitrogen and oxygen atoms in total. The van der Waals surface area contributed by atoms with Gasteiger partial charge in [0.25, 0.3) is 11.6 Å². The number of amides is 1. The number of carbonyl (C=O) groups is 1. The van der Waals surface area contributed by atoms with Crippen LogP contribution in [0.25, 0.3) is 10.8 Å². The van der Waals surface area contributed by atoms with E-state index in [1.54, 1.807) is 5.32 Å². The molecule has 0 radical (unpaired) electrons. The van der Waals surface area contributed by atoms with E-state index in [0.717, 1.165) is 6.07 Å². The van der Waals surface area contributed by atoms with Crippen LogP contribution in [0.4, 0.5) is 11.4 Å². The molecule has 0 aliphatic carbocycles. The largest absolute Gasteiger partial charge is 1.00 e. The van der Waals surface area contributed by atoms with Crippen molar-refractivity contribution in [3.63, 3.8) is 0 Å². The first-order chi connectivity index (χ1) is 17.1. The minimum atomic E-state index is -5.72. The molecule has 0 saturated heterocycles. The number of rotatable bonds is 7. The van der Waals surface area contributed by atoms with Crippen molar-refractivity contribution in [2.45, 2.75) is 19.6 Å². The zero-order valence-electron chi connectivity index (χ0n) is 21.7. The molecule has 0 atom stereocenters. The Morgan fingerprint density at radius 3 is 1.57 bits per heavy atom. The van der Waals surface area contributed by atoms with Gasteiger partial charge >= 0.3 is 118 Å². The van der Waals surface area contributed by atoms with E-state index in [4.69, 9.17) is 0 Å². The van der Waals surface area contributed by atoms with Gasteiger partial charge in [-0.25, -0.2) is 33.7 Å². The molecule has 0 heterocycles. The number of nitrogens with one attached hydrogen (secondary N) is 1. The summed E-state index contributed by atoms with van der Waals surface area (Å²) in [6.45, 7) is 0. The van der Waals surface area contributed by atoms with E-state index in [1.165, 1.54) is 0 Å². The molecule has 0 aromatic heterocycles. The number of nitro groups is 1. The van der Waals surface area contributed by atoms with Crippen LogP contribution in [0, 0.1) is 10.1 Å². The van der Waals surface area contributed by atoms with Gasteiger partial charge in [0.2, 0.25) is 0 Å². The van der Waals surface area contributed by atoms with E-state index in [-0.39, 0.29) is 124 Å². The van der Waals surface area contributed by atoms with Crippen molar-refractivity contribution in [2.75, 3.05) is 5.32 Å². The van der Waals surface area contributed by atoms with Crippen molar-refractivity contribution in [3.05, 3.63) is 58.1 Å². The molecule has 0 unspecified atom stereocenters. The maximum absolute atomic E-state index is 12.9. The van der Waals surface area contributed by atoms with Gasteiger partial charge in [0.1, 0.15) is 45.4 Å². The summed E-state index contributed by atoms with van der Waals surface area (Å²) in [5, 5.41) is 11.2. The van der Waals surface area contributed by atoms with Crippen molar-refractivity contribution in [1.82, 2.24) is 0 Å². The molecule has 0 bridgehead atoms. The summed E-state index contributed by atoms with van der Waals surface area (Å²) in [5.41, 5.74) is -3.53. The number of hydrogen-bond donors (Lipinski definition) is 1. The smallest absolute Gasteiger partial charge is 0.744 e. The van der Waals surface area contributed by atoms with Crippen LogP contribution in [0.3, 0.4) is 0 Å². The average Bonchev–Trinajstić information content (AvgIpc) is 2.75. The minimum absolute atomic E-state index is 0. The second kappa shape index (κ2) is 15.8. The van der Waals surface area contributed by atoms with Crippen LogP contribution in [-0.2, 0) is 40.5 Å². The van der Waals surface area contributed by atoms with Crippen molar-refractivity contribution < 1.29 is 180 Å². The van der Waals surface area contributed by atoms with E-state index in [9.17, 15) is 66.8 Å². The maximum Gasteiger partial charge on any atom is 1.00 e. The normalized spacial score (nSPS) is 11.6. The van der Waals surface area contributed by atoms with Crippen molar-refractivity contribution >= 4 is 68.5 Å². The summed E-state index contributed by atoms with van der Waals surface area (Å²) in [5.74, 6) is -1.69. The van der Waals surface area contributed by atoms with Crippen LogP contribution in [0.5, 0.6) is 0 Å². The van der Waals surface area contributed by atoms with Gasteiger partial charge < -0.3 is 23.5 Å². The van der Waals surface area contributed by atoms with Crippen LogP contribution in [0.15, 0.2) is 62.0 Å². The topological polar surface area (TPSA) is 301 Å². The summed E-state index contributed by atoms with van der Waals surface area (Å²) in [6, 6.07) is 3.15. The Labute approximate surface area is 326 Å². The number of benzene rings is 3. The van der Waals surface area contributed by atoms with Gasteiger partial charge in [-0.1, -0.05) is 6.07 Å². The number of anilines is 1. The molecule has 0 saturated carbocycles. The van der Waals surface area contributed by atoms with Gasteiger partial charge in [-0.15, -0.1) is 0 Å². The predicted molar refractivity (Wildman–Crippen MR) is 117 cm³/mol. The summed E-state index contributed by atoms with van der Waals surface area (Å²) in [6.07, 6.45) is 0. The van der Waals surface area contributed by atoms with Crippen LogP contribution < -0.4 is 124 Å². The summed E-state index contributed by atoms with van der Waals surface area (Å²) >= 11 is 0. The number of hydrogen-bond acceptors (Lipinski definition) is 15. The third-order valence-electron chi connectivity index (χ3n) is 4.74. The maximum atomic E-state index is 12.9. The third-order valence-corrected chi connectivity index (χ3v) is 8.16. The average molecular weight is 700 g/mol. The molecule has 1 amide bonds. The minimum Gasteiger partial charge on any atom is -0.744 e. The molecule has 3 aromatic carbocycles. The fourth-order valence-corrected chi connectivity index (χ4v) is 6.03. The molecule has 0 spiro atoms. The Balaban J connectivity index is 0. The zero-order valence-corrected chi connectivity index (χ0v) is 33.0. The van der Waals surface area contributed by atoms with E-state index >= 15 is 0 Å². The predicted octanol–water partition coefficient (Wildman–Crippen LogP) is -12.4. The van der Waals surface area contributed by atoms with Crippen LogP contribution in [-0.4, -0.2) is 62.7 Å². The fraction of sp³-hybridized carbons (Fsp3) is 0. The molecule has 0 fully saturated rings. The van der Waals surface area contributed by atoms with Gasteiger partial charge in [-0.05, 0) is 35.7 Å². The first-order valence-corrected chi connectivity index (χ1v) is 14.8. The van der Waals surface area contributed by atoms with Gasteiger partial charge in [0.05, 0.1) is 30.9 Å². The van der Waals surface area contributed by atoms with Gasteiger partial charge in [0, 0.05) is 11.5 Å². The van der Waals surface area contributed by atoms with Crippen molar-refractivity contribution in [3.8, 4) is 0 Å². The first-order valence-electron chi connectivity index (χ1n) is 9.16. The molecule has 3 rings (SSSR count). The Hall–Kier alpha value is 0.430. The summed E-state index contributed by atoms with van der Waals surface area (Å²) in [7, 11) is -22.3. The van der Waals surface area contributed by atoms with E-state index < -0.39 is 98.6 Å². The molecular weight excluding hydrogens is 692 g/mol. The molecule has 42 heavy (non-hydrogen) atoms. The van der Waals surface area contributed by atoms with Crippen LogP contribution >= 0.6 is 0 Å². The van der Waals surface area contributed by atoms with E-state index in [0.29, 0.717) is 30.3 Å². The van der Waals surface area contributed by atoms with Crippen LogP contribution in [0.1, 0.15) is 10.4 Å². The molecule has 3 aromatic rings. The SMILES string of the molecule is O=C(Nc1cc(S(=O)(=O)[O-])cc2cc(S(=O)(=O)[O-])cc(S(=O)(=O)[O-])c12)c1cccc([N+](=O)[O-])c1S(=O)(=O)[O-].[Na+].[Na+].[Na+].[Na+]. The second-order valence-corrected chi connectivity index (χ2v) is 12.6. The number of fused-ring (bicyclic) bond motifs is 1. The molecule has 25 heteroatoms. The van der Waals surface area contributed by atoms with Gasteiger partial charge in [0.15, 0.2) is 0 Å². The number of carbonyl (C=O) groups excluding carboxylic acids is 1. The monoisotopic (exact) mass is 700 g/mol. The van der Waals surface area contributed by atoms with E-state index in [1.807, 2.05) is 0 Å². The summed E-state index contributed by atoms with van der Waals surface area (Å²) < 4.78 is 140. The molecule has 204 valence electrons. The van der Waals surface area contributed by atoms with Crippen LogP contribution in [0.2, 0.25) is 0 Å². The zero-order chi connectivity index (χ0) is 29.0. The molecule has 0 aliphatic heterocycles. The quantitative estimate of drug-likeness (QED) is 0.104. The van der Waals surface area contributed by atoms with Crippen molar-refractivity contribution in [2.24, 2.45) is 0 Å². The fourth-order valence-electron chi connectivity index (χ4n) is 3.31. The van der Waals surface area contributed by atoms with Gasteiger partial charge in [-0.3, -0.25) is 14.9 Å².